The highest BCUT2D eigenvalue weighted by molar-refractivity contribution is 7.89. The molecule has 0 bridgehead atoms. The third-order valence-corrected chi connectivity index (χ3v) is 6.64. The van der Waals surface area contributed by atoms with Crippen molar-refractivity contribution in [3.05, 3.63) is 65.2 Å². The highest BCUT2D eigenvalue weighted by Crippen LogP contribution is 2.15. The molecule has 2 aromatic rings. The van der Waals surface area contributed by atoms with Crippen LogP contribution >= 0.6 is 0 Å². The SMILES string of the molecule is COCCNS(=O)(=O)c1ccc(C(=O)N2CCN(Cc3ccc(C#N)cc3)CC2)cc1. The molecular formula is C22H26N4O4S. The van der Waals surface area contributed by atoms with Crippen molar-refractivity contribution >= 4 is 15.9 Å². The van der Waals surface area contributed by atoms with Crippen LogP contribution in [0, 0.1) is 11.3 Å². The molecule has 1 saturated heterocycles. The molecule has 2 aromatic carbocycles. The Morgan fingerprint density at radius 3 is 2.29 bits per heavy atom. The number of sulfonamides is 1. The zero-order chi connectivity index (χ0) is 22.3. The van der Waals surface area contributed by atoms with Crippen molar-refractivity contribution in [2.24, 2.45) is 0 Å². The van der Waals surface area contributed by atoms with Gasteiger partial charge in [-0.2, -0.15) is 5.26 Å². The van der Waals surface area contributed by atoms with E-state index in [4.69, 9.17) is 10.00 Å². The van der Waals surface area contributed by atoms with Gasteiger partial charge in [0.15, 0.2) is 0 Å². The van der Waals surface area contributed by atoms with Crippen LogP contribution in [0.1, 0.15) is 21.5 Å². The highest BCUT2D eigenvalue weighted by Gasteiger charge is 2.23. The van der Waals surface area contributed by atoms with Crippen LogP contribution < -0.4 is 4.72 Å². The topological polar surface area (TPSA) is 103 Å². The first-order chi connectivity index (χ1) is 14.9. The van der Waals surface area contributed by atoms with E-state index in [1.165, 1.54) is 19.2 Å². The lowest BCUT2D eigenvalue weighted by Crippen LogP contribution is -2.48. The van der Waals surface area contributed by atoms with E-state index in [2.05, 4.69) is 15.7 Å². The van der Waals surface area contributed by atoms with Gasteiger partial charge in [-0.25, -0.2) is 13.1 Å². The van der Waals surface area contributed by atoms with Gasteiger partial charge < -0.3 is 9.64 Å². The van der Waals surface area contributed by atoms with Crippen molar-refractivity contribution in [1.29, 1.82) is 5.26 Å². The number of hydrogen-bond donors (Lipinski definition) is 1. The molecular weight excluding hydrogens is 416 g/mol. The van der Waals surface area contributed by atoms with E-state index in [0.717, 1.165) is 25.2 Å². The lowest BCUT2D eigenvalue weighted by atomic mass is 10.1. The molecule has 0 aliphatic carbocycles. The number of methoxy groups -OCH3 is 1. The fraction of sp³-hybridized carbons (Fsp3) is 0.364. The molecule has 31 heavy (non-hydrogen) atoms. The summed E-state index contributed by atoms with van der Waals surface area (Å²) in [6, 6.07) is 15.6. The van der Waals surface area contributed by atoms with E-state index >= 15 is 0 Å². The van der Waals surface area contributed by atoms with Gasteiger partial charge in [0.05, 0.1) is 23.1 Å². The molecule has 1 aliphatic heterocycles. The first-order valence-electron chi connectivity index (χ1n) is 10.0. The smallest absolute Gasteiger partial charge is 0.253 e. The number of nitriles is 1. The minimum atomic E-state index is -3.62. The number of piperazine rings is 1. The summed E-state index contributed by atoms with van der Waals surface area (Å²) < 4.78 is 31.8. The van der Waals surface area contributed by atoms with E-state index in [1.54, 1.807) is 17.0 Å². The second-order valence-corrected chi connectivity index (χ2v) is 9.06. The van der Waals surface area contributed by atoms with Gasteiger partial charge in [0.25, 0.3) is 5.91 Å². The van der Waals surface area contributed by atoms with Crippen LogP contribution in [0.15, 0.2) is 53.4 Å². The Morgan fingerprint density at radius 2 is 1.71 bits per heavy atom. The Balaban J connectivity index is 1.53. The van der Waals surface area contributed by atoms with Crippen molar-refractivity contribution in [1.82, 2.24) is 14.5 Å². The molecule has 1 heterocycles. The molecule has 3 rings (SSSR count). The van der Waals surface area contributed by atoms with Crippen LogP contribution in [0.4, 0.5) is 0 Å². The summed E-state index contributed by atoms with van der Waals surface area (Å²) in [4.78, 5) is 17.0. The van der Waals surface area contributed by atoms with Gasteiger partial charge in [0.2, 0.25) is 10.0 Å². The van der Waals surface area contributed by atoms with Crippen LogP contribution in [0.25, 0.3) is 0 Å². The number of benzene rings is 2. The van der Waals surface area contributed by atoms with Crippen molar-refractivity contribution < 1.29 is 17.9 Å². The predicted octanol–water partition coefficient (Wildman–Crippen LogP) is 1.44. The van der Waals surface area contributed by atoms with Crippen LogP contribution in [0.3, 0.4) is 0 Å². The molecule has 8 nitrogen and oxygen atoms in total. The number of carbonyl (C=O) groups excluding carboxylic acids is 1. The van der Waals surface area contributed by atoms with Crippen molar-refractivity contribution in [2.45, 2.75) is 11.4 Å². The quantitative estimate of drug-likeness (QED) is 0.621. The number of carbonyl (C=O) groups is 1. The molecule has 1 fully saturated rings. The van der Waals surface area contributed by atoms with Gasteiger partial charge in [-0.3, -0.25) is 9.69 Å². The molecule has 0 aromatic heterocycles. The summed E-state index contributed by atoms with van der Waals surface area (Å²) in [6.45, 7) is 3.96. The molecule has 1 aliphatic rings. The fourth-order valence-corrected chi connectivity index (χ4v) is 4.39. The molecule has 164 valence electrons. The van der Waals surface area contributed by atoms with Crippen LogP contribution in [-0.2, 0) is 21.3 Å². The number of rotatable bonds is 8. The van der Waals surface area contributed by atoms with E-state index in [1.807, 2.05) is 24.3 Å². The summed E-state index contributed by atoms with van der Waals surface area (Å²) in [5.74, 6) is -0.102. The van der Waals surface area contributed by atoms with Crippen LogP contribution in [0.5, 0.6) is 0 Å². The molecule has 0 atom stereocenters. The Bertz CT molecular complexity index is 1020. The lowest BCUT2D eigenvalue weighted by Gasteiger charge is -2.34. The standard InChI is InChI=1S/C22H26N4O4S/c1-30-15-10-24-31(28,29)21-8-6-20(7-9-21)22(27)26-13-11-25(12-14-26)17-19-4-2-18(16-23)3-5-19/h2-9,24H,10-15,17H2,1H3. The Hall–Kier alpha value is -2.77. The number of nitrogens with zero attached hydrogens (tertiary/aromatic N) is 3. The monoisotopic (exact) mass is 442 g/mol. The second-order valence-electron chi connectivity index (χ2n) is 7.29. The van der Waals surface area contributed by atoms with Gasteiger partial charge >= 0.3 is 0 Å². The van der Waals surface area contributed by atoms with Gasteiger partial charge in [-0.05, 0) is 42.0 Å². The maximum Gasteiger partial charge on any atom is 0.253 e. The average Bonchev–Trinajstić information content (AvgIpc) is 2.80. The summed E-state index contributed by atoms with van der Waals surface area (Å²) in [6.07, 6.45) is 0. The molecule has 1 amide bonds. The van der Waals surface area contributed by atoms with Crippen molar-refractivity contribution in [2.75, 3.05) is 46.4 Å². The maximum absolute atomic E-state index is 12.8. The summed E-state index contributed by atoms with van der Waals surface area (Å²) >= 11 is 0. The zero-order valence-electron chi connectivity index (χ0n) is 17.5. The third-order valence-electron chi connectivity index (χ3n) is 5.16. The highest BCUT2D eigenvalue weighted by atomic mass is 32.2. The van der Waals surface area contributed by atoms with Crippen LogP contribution in [-0.4, -0.2) is 70.6 Å². The number of hydrogen-bond acceptors (Lipinski definition) is 6. The first kappa shape index (κ1) is 22.9. The Kier molecular flexibility index (Phi) is 7.76. The molecule has 0 unspecified atom stereocenters. The Morgan fingerprint density at radius 1 is 1.06 bits per heavy atom. The molecule has 0 saturated carbocycles. The summed E-state index contributed by atoms with van der Waals surface area (Å²) in [7, 11) is -2.12. The molecule has 9 heteroatoms. The average molecular weight is 443 g/mol. The van der Waals surface area contributed by atoms with Crippen molar-refractivity contribution in [3.8, 4) is 6.07 Å². The van der Waals surface area contributed by atoms with E-state index in [9.17, 15) is 13.2 Å². The third kappa shape index (κ3) is 6.12. The van der Waals surface area contributed by atoms with E-state index in [0.29, 0.717) is 24.2 Å². The van der Waals surface area contributed by atoms with Gasteiger partial charge in [0.1, 0.15) is 0 Å². The van der Waals surface area contributed by atoms with Gasteiger partial charge in [-0.15, -0.1) is 0 Å². The molecule has 0 spiro atoms. The largest absolute Gasteiger partial charge is 0.383 e. The predicted molar refractivity (Wildman–Crippen MR) is 116 cm³/mol. The van der Waals surface area contributed by atoms with E-state index < -0.39 is 10.0 Å². The normalized spacial score (nSPS) is 14.9. The molecule has 0 radical (unpaired) electrons. The Labute approximate surface area is 183 Å². The van der Waals surface area contributed by atoms with E-state index in [-0.39, 0.29) is 24.0 Å². The first-order valence-corrected chi connectivity index (χ1v) is 11.5. The number of nitrogens with one attached hydrogen (secondary N) is 1. The number of ether oxygens (including phenoxy) is 1. The fourth-order valence-electron chi connectivity index (χ4n) is 3.37. The second kappa shape index (κ2) is 10.5. The minimum absolute atomic E-state index is 0.102. The summed E-state index contributed by atoms with van der Waals surface area (Å²) in [5, 5.41) is 8.89. The maximum atomic E-state index is 12.8. The van der Waals surface area contributed by atoms with Gasteiger partial charge in [-0.1, -0.05) is 12.1 Å². The molecule has 1 N–H and O–H groups in total. The minimum Gasteiger partial charge on any atom is -0.383 e. The van der Waals surface area contributed by atoms with Gasteiger partial charge in [0, 0.05) is 51.9 Å². The zero-order valence-corrected chi connectivity index (χ0v) is 18.3. The van der Waals surface area contributed by atoms with Crippen LogP contribution in [0.2, 0.25) is 0 Å². The lowest BCUT2D eigenvalue weighted by molar-refractivity contribution is 0.0628. The number of amides is 1. The van der Waals surface area contributed by atoms with Crippen molar-refractivity contribution in [3.63, 3.8) is 0 Å². The summed E-state index contributed by atoms with van der Waals surface area (Å²) in [5.41, 5.74) is 2.25.